The Morgan fingerprint density at radius 2 is 1.61 bits per heavy atom. The van der Waals surface area contributed by atoms with Gasteiger partial charge in [-0.25, -0.2) is 0 Å². The molecule has 0 aliphatic carbocycles. The molecule has 146 valence electrons. The van der Waals surface area contributed by atoms with Gasteiger partial charge in [-0.15, -0.1) is 5.10 Å². The van der Waals surface area contributed by atoms with E-state index in [1.54, 1.807) is 56.7 Å². The van der Waals surface area contributed by atoms with Crippen LogP contribution in [0.25, 0.3) is 11.5 Å². The van der Waals surface area contributed by atoms with Gasteiger partial charge in [-0.2, -0.15) is 0 Å². The van der Waals surface area contributed by atoms with Crippen LogP contribution in [-0.2, 0) is 0 Å². The van der Waals surface area contributed by atoms with Crippen LogP contribution in [0.1, 0.15) is 24.2 Å². The fourth-order valence-electron chi connectivity index (χ4n) is 2.45. The van der Waals surface area contributed by atoms with Gasteiger partial charge in [0.25, 0.3) is 5.91 Å². The minimum atomic E-state index is -0.366. The molecule has 0 aliphatic rings. The number of carbonyl (C=O) groups excluding carboxylic acids is 1. The highest BCUT2D eigenvalue weighted by atomic mass is 16.5. The monoisotopic (exact) mass is 383 g/mol. The van der Waals surface area contributed by atoms with Crippen molar-refractivity contribution in [3.63, 3.8) is 0 Å². The Hall–Kier alpha value is -3.55. The third-order valence-corrected chi connectivity index (χ3v) is 3.73. The molecule has 1 N–H and O–H groups in total. The number of aromatic nitrogens is 2. The Morgan fingerprint density at radius 3 is 2.18 bits per heavy atom. The number of hydrogen-bond acceptors (Lipinski definition) is 7. The standard InChI is InChI=1S/C20H21N3O5/c1-12(2)27-15-7-5-13(6-8-15)18(24)21-20-23-22-19(28-20)14-9-16(25-3)11-17(10-14)26-4/h5-12H,1-4H3,(H,21,23,24). The third-order valence-electron chi connectivity index (χ3n) is 3.73. The summed E-state index contributed by atoms with van der Waals surface area (Å²) in [5.74, 6) is 1.73. The lowest BCUT2D eigenvalue weighted by Crippen LogP contribution is -2.12. The number of carbonyl (C=O) groups is 1. The fourth-order valence-corrected chi connectivity index (χ4v) is 2.45. The Morgan fingerprint density at radius 1 is 0.964 bits per heavy atom. The lowest BCUT2D eigenvalue weighted by atomic mass is 10.2. The molecular formula is C20H21N3O5. The smallest absolute Gasteiger partial charge is 0.322 e. The maximum absolute atomic E-state index is 12.4. The molecule has 0 spiro atoms. The molecule has 0 fully saturated rings. The van der Waals surface area contributed by atoms with Crippen LogP contribution in [0.4, 0.5) is 6.01 Å². The zero-order valence-corrected chi connectivity index (χ0v) is 16.1. The van der Waals surface area contributed by atoms with Crippen molar-refractivity contribution < 1.29 is 23.4 Å². The number of anilines is 1. The number of hydrogen-bond donors (Lipinski definition) is 1. The zero-order chi connectivity index (χ0) is 20.1. The van der Waals surface area contributed by atoms with E-state index in [-0.39, 0.29) is 23.9 Å². The molecule has 0 unspecified atom stereocenters. The summed E-state index contributed by atoms with van der Waals surface area (Å²) in [6.45, 7) is 3.87. The molecule has 28 heavy (non-hydrogen) atoms. The normalized spacial score (nSPS) is 10.6. The summed E-state index contributed by atoms with van der Waals surface area (Å²) < 4.78 is 21.6. The maximum Gasteiger partial charge on any atom is 0.322 e. The zero-order valence-electron chi connectivity index (χ0n) is 16.1. The number of nitrogens with zero attached hydrogens (tertiary/aromatic N) is 2. The first-order chi connectivity index (χ1) is 13.5. The minimum Gasteiger partial charge on any atom is -0.497 e. The highest BCUT2D eigenvalue weighted by molar-refractivity contribution is 6.03. The van der Waals surface area contributed by atoms with Gasteiger partial charge in [0.15, 0.2) is 0 Å². The van der Waals surface area contributed by atoms with E-state index in [2.05, 4.69) is 15.5 Å². The molecule has 0 bridgehead atoms. The molecule has 3 rings (SSSR count). The van der Waals surface area contributed by atoms with Crippen molar-refractivity contribution in [2.75, 3.05) is 19.5 Å². The summed E-state index contributed by atoms with van der Waals surface area (Å²) in [6.07, 6.45) is 0.0618. The van der Waals surface area contributed by atoms with E-state index in [9.17, 15) is 4.79 Å². The Balaban J connectivity index is 1.73. The lowest BCUT2D eigenvalue weighted by Gasteiger charge is -2.09. The van der Waals surface area contributed by atoms with Gasteiger partial charge in [-0.1, -0.05) is 5.10 Å². The van der Waals surface area contributed by atoms with Crippen molar-refractivity contribution in [1.82, 2.24) is 10.2 Å². The number of ether oxygens (including phenoxy) is 3. The van der Waals surface area contributed by atoms with E-state index in [0.29, 0.717) is 28.4 Å². The Labute approximate surface area is 162 Å². The average molecular weight is 383 g/mol. The SMILES string of the molecule is COc1cc(OC)cc(-c2nnc(NC(=O)c3ccc(OC(C)C)cc3)o2)c1. The molecule has 8 heteroatoms. The number of methoxy groups -OCH3 is 2. The fraction of sp³-hybridized carbons (Fsp3) is 0.250. The highest BCUT2D eigenvalue weighted by Gasteiger charge is 2.14. The quantitative estimate of drug-likeness (QED) is 0.663. The van der Waals surface area contributed by atoms with Crippen LogP contribution in [0.15, 0.2) is 46.9 Å². The summed E-state index contributed by atoms with van der Waals surface area (Å²) in [4.78, 5) is 12.4. The predicted molar refractivity (Wildman–Crippen MR) is 103 cm³/mol. The number of amides is 1. The molecule has 0 saturated carbocycles. The first-order valence-electron chi connectivity index (χ1n) is 8.63. The van der Waals surface area contributed by atoms with E-state index in [4.69, 9.17) is 18.6 Å². The molecule has 1 heterocycles. The Bertz CT molecular complexity index is 928. The van der Waals surface area contributed by atoms with Gasteiger partial charge in [0.1, 0.15) is 17.2 Å². The van der Waals surface area contributed by atoms with Gasteiger partial charge in [0, 0.05) is 17.2 Å². The van der Waals surface area contributed by atoms with Crippen molar-refractivity contribution >= 4 is 11.9 Å². The summed E-state index contributed by atoms with van der Waals surface area (Å²) in [5.41, 5.74) is 1.05. The highest BCUT2D eigenvalue weighted by Crippen LogP contribution is 2.29. The molecule has 1 aromatic heterocycles. The first-order valence-corrected chi connectivity index (χ1v) is 8.63. The predicted octanol–water partition coefficient (Wildman–Crippen LogP) is 3.79. The van der Waals surface area contributed by atoms with Crippen LogP contribution in [0.5, 0.6) is 17.2 Å². The molecule has 8 nitrogen and oxygen atoms in total. The van der Waals surface area contributed by atoms with E-state index < -0.39 is 0 Å². The number of benzene rings is 2. The molecule has 3 aromatic rings. The second-order valence-electron chi connectivity index (χ2n) is 6.16. The molecular weight excluding hydrogens is 362 g/mol. The van der Waals surface area contributed by atoms with Gasteiger partial charge in [0.2, 0.25) is 5.89 Å². The minimum absolute atomic E-state index is 0.00991. The van der Waals surface area contributed by atoms with Crippen molar-refractivity contribution in [1.29, 1.82) is 0 Å². The summed E-state index contributed by atoms with van der Waals surface area (Å²) in [5, 5.41) is 10.4. The summed E-state index contributed by atoms with van der Waals surface area (Å²) in [6, 6.07) is 12.0. The second-order valence-corrected chi connectivity index (χ2v) is 6.16. The molecule has 1 amide bonds. The molecule has 0 radical (unpaired) electrons. The molecule has 0 saturated heterocycles. The largest absolute Gasteiger partial charge is 0.497 e. The van der Waals surface area contributed by atoms with Crippen LogP contribution < -0.4 is 19.5 Å². The van der Waals surface area contributed by atoms with Gasteiger partial charge >= 0.3 is 6.01 Å². The number of nitrogens with one attached hydrogen (secondary N) is 1. The number of rotatable bonds is 7. The topological polar surface area (TPSA) is 95.7 Å². The van der Waals surface area contributed by atoms with Crippen LogP contribution >= 0.6 is 0 Å². The van der Waals surface area contributed by atoms with Crippen LogP contribution in [0, 0.1) is 0 Å². The average Bonchev–Trinajstić information content (AvgIpc) is 3.16. The third kappa shape index (κ3) is 4.59. The van der Waals surface area contributed by atoms with E-state index >= 15 is 0 Å². The van der Waals surface area contributed by atoms with Gasteiger partial charge in [-0.05, 0) is 50.2 Å². The van der Waals surface area contributed by atoms with Crippen LogP contribution in [0.2, 0.25) is 0 Å². The van der Waals surface area contributed by atoms with Crippen molar-refractivity contribution in [3.8, 4) is 28.7 Å². The maximum atomic E-state index is 12.4. The summed E-state index contributed by atoms with van der Waals surface area (Å²) >= 11 is 0. The first kappa shape index (κ1) is 19.2. The van der Waals surface area contributed by atoms with E-state index in [0.717, 1.165) is 0 Å². The Kier molecular flexibility index (Phi) is 5.78. The van der Waals surface area contributed by atoms with Crippen molar-refractivity contribution in [2.24, 2.45) is 0 Å². The molecule has 0 atom stereocenters. The van der Waals surface area contributed by atoms with Gasteiger partial charge in [-0.3, -0.25) is 10.1 Å². The van der Waals surface area contributed by atoms with Gasteiger partial charge < -0.3 is 18.6 Å². The molecule has 2 aromatic carbocycles. The van der Waals surface area contributed by atoms with Crippen LogP contribution in [-0.4, -0.2) is 36.4 Å². The molecule has 0 aliphatic heterocycles. The van der Waals surface area contributed by atoms with Crippen molar-refractivity contribution in [3.05, 3.63) is 48.0 Å². The van der Waals surface area contributed by atoms with E-state index in [1.165, 1.54) is 0 Å². The second kappa shape index (κ2) is 8.43. The van der Waals surface area contributed by atoms with E-state index in [1.807, 2.05) is 13.8 Å². The lowest BCUT2D eigenvalue weighted by molar-refractivity contribution is 0.102. The van der Waals surface area contributed by atoms with Gasteiger partial charge in [0.05, 0.1) is 20.3 Å². The van der Waals surface area contributed by atoms with Crippen molar-refractivity contribution in [2.45, 2.75) is 20.0 Å². The summed E-state index contributed by atoms with van der Waals surface area (Å²) in [7, 11) is 3.10. The van der Waals surface area contributed by atoms with Crippen LogP contribution in [0.3, 0.4) is 0 Å².